The standard InChI is InChI=1S/C23H23N3O3/c1-15-10-16-6-4-5-7-21(16)26(15)23(27)17-11-18(14-24-13-17)25-20-9-8-19(28-2)12-22(20)29-3/h4-9,11-15,25H,10H2,1-3H3. The molecule has 1 unspecified atom stereocenters. The average Bonchev–Trinajstić information content (AvgIpc) is 3.09. The molecule has 1 aromatic heterocycles. The van der Waals surface area contributed by atoms with Crippen LogP contribution in [0.2, 0.25) is 0 Å². The highest BCUT2D eigenvalue weighted by Gasteiger charge is 2.31. The fraction of sp³-hybridized carbons (Fsp3) is 0.217. The zero-order valence-electron chi connectivity index (χ0n) is 16.7. The number of aromatic nitrogens is 1. The van der Waals surface area contributed by atoms with Crippen molar-refractivity contribution in [2.75, 3.05) is 24.4 Å². The number of amides is 1. The van der Waals surface area contributed by atoms with Crippen LogP contribution >= 0.6 is 0 Å². The van der Waals surface area contributed by atoms with Gasteiger partial charge in [0.25, 0.3) is 5.91 Å². The van der Waals surface area contributed by atoms with E-state index in [2.05, 4.69) is 23.3 Å². The van der Waals surface area contributed by atoms with Crippen molar-refractivity contribution in [2.24, 2.45) is 0 Å². The number of para-hydroxylation sites is 1. The highest BCUT2D eigenvalue weighted by molar-refractivity contribution is 6.08. The molecule has 1 atom stereocenters. The van der Waals surface area contributed by atoms with Crippen LogP contribution < -0.4 is 19.7 Å². The number of carbonyl (C=O) groups excluding carboxylic acids is 1. The van der Waals surface area contributed by atoms with Gasteiger partial charge in [-0.25, -0.2) is 0 Å². The van der Waals surface area contributed by atoms with E-state index in [0.717, 1.165) is 17.8 Å². The minimum atomic E-state index is -0.0553. The number of anilines is 3. The number of fused-ring (bicyclic) bond motifs is 1. The molecule has 1 aliphatic heterocycles. The Morgan fingerprint density at radius 1 is 1.10 bits per heavy atom. The van der Waals surface area contributed by atoms with Gasteiger partial charge in [0.1, 0.15) is 11.5 Å². The number of benzene rings is 2. The summed E-state index contributed by atoms with van der Waals surface area (Å²) in [5.74, 6) is 1.29. The third-order valence-corrected chi connectivity index (χ3v) is 5.10. The van der Waals surface area contributed by atoms with E-state index in [-0.39, 0.29) is 11.9 Å². The van der Waals surface area contributed by atoms with Crippen LogP contribution in [0.15, 0.2) is 60.9 Å². The summed E-state index contributed by atoms with van der Waals surface area (Å²) in [4.78, 5) is 19.4. The van der Waals surface area contributed by atoms with Gasteiger partial charge in [-0.1, -0.05) is 18.2 Å². The van der Waals surface area contributed by atoms with Gasteiger partial charge >= 0.3 is 0 Å². The molecule has 2 heterocycles. The number of pyridine rings is 1. The third-order valence-electron chi connectivity index (χ3n) is 5.10. The van der Waals surface area contributed by atoms with E-state index in [9.17, 15) is 4.79 Å². The molecular formula is C23H23N3O3. The number of rotatable bonds is 5. The Kier molecular flexibility index (Phi) is 5.08. The molecule has 2 aromatic carbocycles. The van der Waals surface area contributed by atoms with Crippen molar-refractivity contribution in [1.82, 2.24) is 4.98 Å². The number of hydrogen-bond donors (Lipinski definition) is 1. The van der Waals surface area contributed by atoms with Crippen LogP contribution in [0.5, 0.6) is 11.5 Å². The van der Waals surface area contributed by atoms with Crippen molar-refractivity contribution in [2.45, 2.75) is 19.4 Å². The number of hydrogen-bond acceptors (Lipinski definition) is 5. The fourth-order valence-electron chi connectivity index (χ4n) is 3.70. The highest BCUT2D eigenvalue weighted by atomic mass is 16.5. The second-order valence-corrected chi connectivity index (χ2v) is 7.01. The highest BCUT2D eigenvalue weighted by Crippen LogP contribution is 2.34. The summed E-state index contributed by atoms with van der Waals surface area (Å²) in [5.41, 5.74) is 4.17. The van der Waals surface area contributed by atoms with Crippen LogP contribution in [-0.2, 0) is 6.42 Å². The van der Waals surface area contributed by atoms with E-state index >= 15 is 0 Å². The van der Waals surface area contributed by atoms with E-state index in [1.54, 1.807) is 32.7 Å². The van der Waals surface area contributed by atoms with Gasteiger partial charge in [-0.05, 0) is 43.2 Å². The summed E-state index contributed by atoms with van der Waals surface area (Å²) in [6.45, 7) is 2.07. The number of methoxy groups -OCH3 is 2. The van der Waals surface area contributed by atoms with Gasteiger partial charge in [-0.2, -0.15) is 0 Å². The molecule has 3 aromatic rings. The molecule has 1 N–H and O–H groups in total. The summed E-state index contributed by atoms with van der Waals surface area (Å²) in [6.07, 6.45) is 4.14. The molecule has 6 heteroatoms. The molecule has 1 aliphatic rings. The summed E-state index contributed by atoms with van der Waals surface area (Å²) in [5, 5.41) is 3.28. The Hall–Kier alpha value is -3.54. The number of nitrogens with zero attached hydrogens (tertiary/aromatic N) is 2. The first-order chi connectivity index (χ1) is 14.1. The zero-order valence-corrected chi connectivity index (χ0v) is 16.7. The lowest BCUT2D eigenvalue weighted by Crippen LogP contribution is -2.35. The minimum absolute atomic E-state index is 0.0553. The molecule has 0 fully saturated rings. The minimum Gasteiger partial charge on any atom is -0.497 e. The van der Waals surface area contributed by atoms with Crippen molar-refractivity contribution in [1.29, 1.82) is 0 Å². The summed E-state index contributed by atoms with van der Waals surface area (Å²) >= 11 is 0. The van der Waals surface area contributed by atoms with E-state index in [4.69, 9.17) is 9.47 Å². The quantitative estimate of drug-likeness (QED) is 0.699. The number of carbonyl (C=O) groups is 1. The van der Waals surface area contributed by atoms with Crippen molar-refractivity contribution in [3.63, 3.8) is 0 Å². The normalized spacial score (nSPS) is 15.0. The Bertz CT molecular complexity index is 1050. The summed E-state index contributed by atoms with van der Waals surface area (Å²) in [7, 11) is 3.21. The summed E-state index contributed by atoms with van der Waals surface area (Å²) in [6, 6.07) is 15.5. The number of nitrogens with one attached hydrogen (secondary N) is 1. The van der Waals surface area contributed by atoms with Crippen LogP contribution in [-0.4, -0.2) is 31.2 Å². The second kappa shape index (κ2) is 7.83. The molecule has 0 spiro atoms. The SMILES string of the molecule is COc1ccc(Nc2cncc(C(=O)N3c4ccccc4CC3C)c2)c(OC)c1. The van der Waals surface area contributed by atoms with Crippen LogP contribution in [0.3, 0.4) is 0 Å². The maximum absolute atomic E-state index is 13.2. The molecule has 29 heavy (non-hydrogen) atoms. The first-order valence-electron chi connectivity index (χ1n) is 9.46. The first-order valence-corrected chi connectivity index (χ1v) is 9.46. The Morgan fingerprint density at radius 3 is 2.72 bits per heavy atom. The predicted molar refractivity (Wildman–Crippen MR) is 113 cm³/mol. The monoisotopic (exact) mass is 389 g/mol. The largest absolute Gasteiger partial charge is 0.497 e. The maximum Gasteiger partial charge on any atom is 0.260 e. The van der Waals surface area contributed by atoms with Crippen LogP contribution in [0.4, 0.5) is 17.1 Å². The van der Waals surface area contributed by atoms with Gasteiger partial charge in [-0.15, -0.1) is 0 Å². The van der Waals surface area contributed by atoms with Crippen molar-refractivity contribution >= 4 is 23.0 Å². The molecule has 0 saturated heterocycles. The molecule has 0 bridgehead atoms. The molecule has 0 saturated carbocycles. The molecule has 4 rings (SSSR count). The van der Waals surface area contributed by atoms with E-state index < -0.39 is 0 Å². The van der Waals surface area contributed by atoms with Gasteiger partial charge in [0.05, 0.1) is 37.4 Å². The predicted octanol–water partition coefficient (Wildman–Crippen LogP) is 4.43. The van der Waals surface area contributed by atoms with Gasteiger partial charge in [0.2, 0.25) is 0 Å². The molecule has 0 radical (unpaired) electrons. The summed E-state index contributed by atoms with van der Waals surface area (Å²) < 4.78 is 10.7. The Morgan fingerprint density at radius 2 is 1.93 bits per heavy atom. The van der Waals surface area contributed by atoms with Gasteiger partial charge < -0.3 is 19.7 Å². The molecule has 6 nitrogen and oxygen atoms in total. The molecular weight excluding hydrogens is 366 g/mol. The molecule has 1 amide bonds. The van der Waals surface area contributed by atoms with Crippen molar-refractivity contribution in [3.8, 4) is 11.5 Å². The molecule has 148 valence electrons. The van der Waals surface area contributed by atoms with Gasteiger partial charge in [-0.3, -0.25) is 9.78 Å². The zero-order chi connectivity index (χ0) is 20.4. The second-order valence-electron chi connectivity index (χ2n) is 7.01. The first kappa shape index (κ1) is 18.8. The Balaban J connectivity index is 1.61. The topological polar surface area (TPSA) is 63.7 Å². The fourth-order valence-corrected chi connectivity index (χ4v) is 3.70. The van der Waals surface area contributed by atoms with Crippen LogP contribution in [0, 0.1) is 0 Å². The van der Waals surface area contributed by atoms with Gasteiger partial charge in [0, 0.05) is 24.0 Å². The number of ether oxygens (including phenoxy) is 2. The van der Waals surface area contributed by atoms with Crippen LogP contribution in [0.25, 0.3) is 0 Å². The van der Waals surface area contributed by atoms with Crippen LogP contribution in [0.1, 0.15) is 22.8 Å². The van der Waals surface area contributed by atoms with Crippen molar-refractivity contribution in [3.05, 3.63) is 72.1 Å². The van der Waals surface area contributed by atoms with Crippen molar-refractivity contribution < 1.29 is 14.3 Å². The van der Waals surface area contributed by atoms with E-state index in [1.165, 1.54) is 5.56 Å². The average molecular weight is 389 g/mol. The third kappa shape index (κ3) is 3.61. The Labute approximate surface area is 170 Å². The lowest BCUT2D eigenvalue weighted by atomic mass is 10.1. The van der Waals surface area contributed by atoms with E-state index in [0.29, 0.717) is 22.7 Å². The maximum atomic E-state index is 13.2. The van der Waals surface area contributed by atoms with E-state index in [1.807, 2.05) is 41.3 Å². The lowest BCUT2D eigenvalue weighted by molar-refractivity contribution is 0.0981. The smallest absolute Gasteiger partial charge is 0.260 e. The lowest BCUT2D eigenvalue weighted by Gasteiger charge is -2.23. The van der Waals surface area contributed by atoms with Gasteiger partial charge in [0.15, 0.2) is 0 Å². The molecule has 0 aliphatic carbocycles.